The normalized spacial score (nSPS) is 14.6. The fourth-order valence-electron chi connectivity index (χ4n) is 0.888. The van der Waals surface area contributed by atoms with Crippen LogP contribution >= 0.6 is 0 Å². The van der Waals surface area contributed by atoms with Gasteiger partial charge in [0, 0.05) is 0 Å². The summed E-state index contributed by atoms with van der Waals surface area (Å²) in [4.78, 5) is 0. The Balaban J connectivity index is 2.66. The van der Waals surface area contributed by atoms with Crippen LogP contribution in [0.4, 0.5) is 13.2 Å². The standard InChI is InChI=1S/C10H10F3N/c11-10(12,13)9(14)7-6-8-4-2-1-3-5-8/h1-7,9H,14H2/t9-/m0/s1. The molecule has 4 heteroatoms. The third kappa shape index (κ3) is 3.22. The molecule has 1 nitrogen and oxygen atoms in total. The van der Waals surface area contributed by atoms with Crippen LogP contribution in [0.5, 0.6) is 0 Å². The monoisotopic (exact) mass is 201 g/mol. The van der Waals surface area contributed by atoms with Crippen LogP contribution in [0.1, 0.15) is 5.56 Å². The Morgan fingerprint density at radius 1 is 1.14 bits per heavy atom. The van der Waals surface area contributed by atoms with E-state index < -0.39 is 12.2 Å². The third-order valence-electron chi connectivity index (χ3n) is 1.67. The van der Waals surface area contributed by atoms with E-state index in [-0.39, 0.29) is 0 Å². The van der Waals surface area contributed by atoms with Gasteiger partial charge < -0.3 is 5.73 Å². The molecule has 1 rings (SSSR count). The van der Waals surface area contributed by atoms with Crippen LogP contribution in [-0.4, -0.2) is 12.2 Å². The quantitative estimate of drug-likeness (QED) is 0.781. The molecule has 0 radical (unpaired) electrons. The molecule has 0 aromatic heterocycles. The summed E-state index contributed by atoms with van der Waals surface area (Å²) in [5.74, 6) is 0. The van der Waals surface area contributed by atoms with Crippen LogP contribution in [-0.2, 0) is 0 Å². The van der Waals surface area contributed by atoms with Gasteiger partial charge in [0.25, 0.3) is 0 Å². The van der Waals surface area contributed by atoms with Gasteiger partial charge in [-0.2, -0.15) is 13.2 Å². The van der Waals surface area contributed by atoms with Crippen molar-refractivity contribution in [3.05, 3.63) is 42.0 Å². The largest absolute Gasteiger partial charge is 0.407 e. The summed E-state index contributed by atoms with van der Waals surface area (Å²) in [5.41, 5.74) is 5.59. The molecular formula is C10H10F3N. The number of hydrogen-bond donors (Lipinski definition) is 1. The van der Waals surface area contributed by atoms with Gasteiger partial charge in [-0.3, -0.25) is 0 Å². The first kappa shape index (κ1) is 10.8. The molecule has 0 spiro atoms. The highest BCUT2D eigenvalue weighted by molar-refractivity contribution is 5.49. The molecule has 0 aliphatic rings. The Bertz CT molecular complexity index is 303. The summed E-state index contributed by atoms with van der Waals surface area (Å²) in [6.07, 6.45) is -2.07. The fraction of sp³-hybridized carbons (Fsp3) is 0.200. The van der Waals surface area contributed by atoms with Gasteiger partial charge in [-0.05, 0) is 5.56 Å². The average Bonchev–Trinajstić information content (AvgIpc) is 2.14. The number of benzene rings is 1. The number of hydrogen-bond acceptors (Lipinski definition) is 1. The summed E-state index contributed by atoms with van der Waals surface area (Å²) in [7, 11) is 0. The summed E-state index contributed by atoms with van der Waals surface area (Å²) < 4.78 is 35.9. The molecule has 0 fully saturated rings. The molecular weight excluding hydrogens is 191 g/mol. The van der Waals surface area contributed by atoms with Crippen molar-refractivity contribution in [2.45, 2.75) is 12.2 Å². The van der Waals surface area contributed by atoms with E-state index in [0.717, 1.165) is 6.08 Å². The first-order chi connectivity index (χ1) is 6.50. The van der Waals surface area contributed by atoms with E-state index in [1.165, 1.54) is 6.08 Å². The summed E-state index contributed by atoms with van der Waals surface area (Å²) >= 11 is 0. The van der Waals surface area contributed by atoms with Crippen molar-refractivity contribution in [1.82, 2.24) is 0 Å². The van der Waals surface area contributed by atoms with Gasteiger partial charge in [-0.15, -0.1) is 0 Å². The van der Waals surface area contributed by atoms with Crippen molar-refractivity contribution >= 4 is 6.08 Å². The van der Waals surface area contributed by atoms with Crippen molar-refractivity contribution in [3.8, 4) is 0 Å². The summed E-state index contributed by atoms with van der Waals surface area (Å²) in [6.45, 7) is 0. The summed E-state index contributed by atoms with van der Waals surface area (Å²) in [5, 5.41) is 0. The maximum Gasteiger partial charge on any atom is 0.407 e. The molecule has 14 heavy (non-hydrogen) atoms. The van der Waals surface area contributed by atoms with Crippen LogP contribution in [0, 0.1) is 0 Å². The molecule has 1 aromatic rings. The molecule has 0 bridgehead atoms. The van der Waals surface area contributed by atoms with Crippen LogP contribution in [0.2, 0.25) is 0 Å². The predicted octanol–water partition coefficient (Wildman–Crippen LogP) is 2.59. The van der Waals surface area contributed by atoms with Gasteiger partial charge in [0.1, 0.15) is 6.04 Å². The smallest absolute Gasteiger partial charge is 0.317 e. The molecule has 1 atom stereocenters. The molecule has 2 N–H and O–H groups in total. The Kier molecular flexibility index (Phi) is 3.30. The molecule has 0 amide bonds. The molecule has 76 valence electrons. The van der Waals surface area contributed by atoms with Crippen molar-refractivity contribution in [2.75, 3.05) is 0 Å². The van der Waals surface area contributed by atoms with Crippen LogP contribution < -0.4 is 5.73 Å². The maximum atomic E-state index is 12.0. The lowest BCUT2D eigenvalue weighted by atomic mass is 10.2. The van der Waals surface area contributed by atoms with Gasteiger partial charge >= 0.3 is 6.18 Å². The molecule has 0 saturated carbocycles. The second kappa shape index (κ2) is 4.28. The first-order valence-corrected chi connectivity index (χ1v) is 4.05. The fourth-order valence-corrected chi connectivity index (χ4v) is 0.888. The lowest BCUT2D eigenvalue weighted by molar-refractivity contribution is -0.136. The highest BCUT2D eigenvalue weighted by Gasteiger charge is 2.34. The number of rotatable bonds is 2. The second-order valence-electron chi connectivity index (χ2n) is 2.84. The zero-order chi connectivity index (χ0) is 10.6. The zero-order valence-electron chi connectivity index (χ0n) is 7.33. The average molecular weight is 201 g/mol. The van der Waals surface area contributed by atoms with Gasteiger partial charge in [0.2, 0.25) is 0 Å². The first-order valence-electron chi connectivity index (χ1n) is 4.05. The SMILES string of the molecule is N[C@@H](C=Cc1ccccc1)C(F)(F)F. The predicted molar refractivity (Wildman–Crippen MR) is 49.5 cm³/mol. The Labute approximate surface area is 80.0 Å². The molecule has 0 unspecified atom stereocenters. The number of alkyl halides is 3. The Morgan fingerprint density at radius 2 is 1.71 bits per heavy atom. The lowest BCUT2D eigenvalue weighted by Gasteiger charge is -2.10. The van der Waals surface area contributed by atoms with Crippen molar-refractivity contribution in [3.63, 3.8) is 0 Å². The van der Waals surface area contributed by atoms with Gasteiger partial charge in [-0.25, -0.2) is 0 Å². The van der Waals surface area contributed by atoms with Crippen molar-refractivity contribution in [2.24, 2.45) is 5.73 Å². The second-order valence-corrected chi connectivity index (χ2v) is 2.84. The van der Waals surface area contributed by atoms with E-state index in [1.807, 2.05) is 0 Å². The molecule has 1 aromatic carbocycles. The Morgan fingerprint density at radius 3 is 2.21 bits per heavy atom. The minimum Gasteiger partial charge on any atom is -0.317 e. The minimum atomic E-state index is -4.37. The van der Waals surface area contributed by atoms with Gasteiger partial charge in [0.15, 0.2) is 0 Å². The molecule has 0 aliphatic carbocycles. The van der Waals surface area contributed by atoms with Crippen LogP contribution in [0.3, 0.4) is 0 Å². The van der Waals surface area contributed by atoms with E-state index >= 15 is 0 Å². The van der Waals surface area contributed by atoms with Gasteiger partial charge in [0.05, 0.1) is 0 Å². The van der Waals surface area contributed by atoms with E-state index in [2.05, 4.69) is 0 Å². The number of nitrogens with two attached hydrogens (primary N) is 1. The minimum absolute atomic E-state index is 0.701. The van der Waals surface area contributed by atoms with Crippen LogP contribution in [0.15, 0.2) is 36.4 Å². The van der Waals surface area contributed by atoms with E-state index in [9.17, 15) is 13.2 Å². The third-order valence-corrected chi connectivity index (χ3v) is 1.67. The molecule has 0 aliphatic heterocycles. The van der Waals surface area contributed by atoms with E-state index in [4.69, 9.17) is 5.73 Å². The van der Waals surface area contributed by atoms with E-state index in [1.54, 1.807) is 30.3 Å². The van der Waals surface area contributed by atoms with Crippen molar-refractivity contribution < 1.29 is 13.2 Å². The summed E-state index contributed by atoms with van der Waals surface area (Å²) in [6, 6.07) is 6.81. The van der Waals surface area contributed by atoms with Gasteiger partial charge in [-0.1, -0.05) is 42.5 Å². The van der Waals surface area contributed by atoms with E-state index in [0.29, 0.717) is 5.56 Å². The zero-order valence-corrected chi connectivity index (χ0v) is 7.33. The molecule has 0 saturated heterocycles. The van der Waals surface area contributed by atoms with Crippen LogP contribution in [0.25, 0.3) is 6.08 Å². The topological polar surface area (TPSA) is 26.0 Å². The highest BCUT2D eigenvalue weighted by Crippen LogP contribution is 2.19. The lowest BCUT2D eigenvalue weighted by Crippen LogP contribution is -2.35. The van der Waals surface area contributed by atoms with Crippen molar-refractivity contribution in [1.29, 1.82) is 0 Å². The Hall–Kier alpha value is -1.29. The number of halogens is 3. The highest BCUT2D eigenvalue weighted by atomic mass is 19.4. The maximum absolute atomic E-state index is 12.0. The molecule has 0 heterocycles.